The Morgan fingerprint density at radius 3 is 2.70 bits per heavy atom. The first-order valence-electron chi connectivity index (χ1n) is 9.68. The fourth-order valence-electron chi connectivity index (χ4n) is 3.50. The minimum Gasteiger partial charge on any atom is -0.493 e. The number of fused-ring (bicyclic) bond motifs is 1. The van der Waals surface area contributed by atoms with Gasteiger partial charge in [-0.3, -0.25) is 9.78 Å². The lowest BCUT2D eigenvalue weighted by atomic mass is 10.0. The van der Waals surface area contributed by atoms with Crippen LogP contribution < -0.4 is 14.8 Å². The molecule has 2 aromatic carbocycles. The Labute approximate surface area is 175 Å². The Kier molecular flexibility index (Phi) is 5.66. The number of ether oxygens (including phenoxy) is 2. The summed E-state index contributed by atoms with van der Waals surface area (Å²) in [5, 5.41) is 3.46. The maximum atomic E-state index is 13.0. The first-order valence-corrected chi connectivity index (χ1v) is 9.68. The lowest BCUT2D eigenvalue weighted by Gasteiger charge is -2.37. The average Bonchev–Trinajstić information content (AvgIpc) is 2.80. The second kappa shape index (κ2) is 8.69. The molecule has 0 saturated heterocycles. The van der Waals surface area contributed by atoms with Crippen molar-refractivity contribution < 1.29 is 14.3 Å². The molecule has 152 valence electrons. The number of methoxy groups -OCH3 is 1. The highest BCUT2D eigenvalue weighted by Crippen LogP contribution is 2.37. The molecule has 0 unspecified atom stereocenters. The van der Waals surface area contributed by atoms with Gasteiger partial charge in [0, 0.05) is 24.6 Å². The molecule has 0 spiro atoms. The van der Waals surface area contributed by atoms with E-state index in [1.165, 1.54) is 0 Å². The van der Waals surface area contributed by atoms with Crippen molar-refractivity contribution in [1.82, 2.24) is 9.88 Å². The van der Waals surface area contributed by atoms with Gasteiger partial charge in [-0.1, -0.05) is 24.3 Å². The van der Waals surface area contributed by atoms with Gasteiger partial charge in [-0.25, -0.2) is 0 Å². The molecule has 6 heteroatoms. The largest absolute Gasteiger partial charge is 0.493 e. The number of hydrogen-bond donors (Lipinski definition) is 1. The molecule has 0 aliphatic carbocycles. The third kappa shape index (κ3) is 3.85. The summed E-state index contributed by atoms with van der Waals surface area (Å²) < 4.78 is 11.5. The SMILES string of the molecule is C=CCN1C(=O)c2ccccc2N[C@H]1c1ccc(OCc2ccncc2)c(OC)c1. The van der Waals surface area contributed by atoms with Crippen LogP contribution in [0.15, 0.2) is 79.6 Å². The summed E-state index contributed by atoms with van der Waals surface area (Å²) in [6.07, 6.45) is 4.85. The number of nitrogens with one attached hydrogen (secondary N) is 1. The van der Waals surface area contributed by atoms with Gasteiger partial charge in [0.1, 0.15) is 12.8 Å². The number of carbonyl (C=O) groups excluding carboxylic acids is 1. The highest BCUT2D eigenvalue weighted by molar-refractivity contribution is 6.01. The van der Waals surface area contributed by atoms with Crippen molar-refractivity contribution in [2.45, 2.75) is 12.8 Å². The van der Waals surface area contributed by atoms with Crippen LogP contribution in [0, 0.1) is 0 Å². The quantitative estimate of drug-likeness (QED) is 0.594. The van der Waals surface area contributed by atoms with Crippen LogP contribution in [-0.4, -0.2) is 29.4 Å². The summed E-state index contributed by atoms with van der Waals surface area (Å²) >= 11 is 0. The monoisotopic (exact) mass is 401 g/mol. The van der Waals surface area contributed by atoms with E-state index in [4.69, 9.17) is 9.47 Å². The van der Waals surface area contributed by atoms with Crippen LogP contribution in [0.5, 0.6) is 11.5 Å². The van der Waals surface area contributed by atoms with Crippen LogP contribution in [-0.2, 0) is 6.61 Å². The van der Waals surface area contributed by atoms with Gasteiger partial charge in [0.25, 0.3) is 5.91 Å². The van der Waals surface area contributed by atoms with Crippen LogP contribution >= 0.6 is 0 Å². The zero-order valence-corrected chi connectivity index (χ0v) is 16.7. The van der Waals surface area contributed by atoms with E-state index in [1.807, 2.05) is 54.6 Å². The second-order valence-electron chi connectivity index (χ2n) is 6.89. The van der Waals surface area contributed by atoms with Gasteiger partial charge >= 0.3 is 0 Å². The van der Waals surface area contributed by atoms with Crippen LogP contribution in [0.25, 0.3) is 0 Å². The summed E-state index contributed by atoms with van der Waals surface area (Å²) in [6.45, 7) is 4.64. The first kappa shape index (κ1) is 19.5. The van der Waals surface area contributed by atoms with Crippen molar-refractivity contribution in [2.24, 2.45) is 0 Å². The zero-order valence-electron chi connectivity index (χ0n) is 16.7. The molecule has 6 nitrogen and oxygen atoms in total. The van der Waals surface area contributed by atoms with Gasteiger partial charge in [0.2, 0.25) is 0 Å². The standard InChI is InChI=1S/C24H23N3O3/c1-3-14-27-23(26-20-7-5-4-6-19(20)24(27)28)18-8-9-21(22(15-18)29-2)30-16-17-10-12-25-13-11-17/h3-13,15,23,26H,1,14,16H2,2H3/t23-/m1/s1. The lowest BCUT2D eigenvalue weighted by molar-refractivity contribution is 0.0707. The van der Waals surface area contributed by atoms with Gasteiger partial charge < -0.3 is 19.7 Å². The number of aromatic nitrogens is 1. The van der Waals surface area contributed by atoms with Gasteiger partial charge in [0.15, 0.2) is 11.5 Å². The molecule has 1 N–H and O–H groups in total. The van der Waals surface area contributed by atoms with E-state index in [9.17, 15) is 4.79 Å². The number of rotatable bonds is 7. The van der Waals surface area contributed by atoms with Gasteiger partial charge in [-0.05, 0) is 47.5 Å². The minimum absolute atomic E-state index is 0.0359. The molecule has 4 rings (SSSR count). The first-order chi connectivity index (χ1) is 14.7. The van der Waals surface area contributed by atoms with Crippen LogP contribution in [0.2, 0.25) is 0 Å². The van der Waals surface area contributed by atoms with Crippen molar-refractivity contribution in [3.05, 3.63) is 96.3 Å². The zero-order chi connectivity index (χ0) is 20.9. The molecule has 0 saturated carbocycles. The number of pyridine rings is 1. The highest BCUT2D eigenvalue weighted by atomic mass is 16.5. The third-order valence-corrected chi connectivity index (χ3v) is 5.00. The molecule has 0 radical (unpaired) electrons. The van der Waals surface area contributed by atoms with E-state index in [0.717, 1.165) is 16.8 Å². The van der Waals surface area contributed by atoms with Crippen molar-refractivity contribution >= 4 is 11.6 Å². The molecule has 2 heterocycles. The Hall–Kier alpha value is -3.80. The van der Waals surface area contributed by atoms with Gasteiger partial charge in [0.05, 0.1) is 12.7 Å². The number of carbonyl (C=O) groups is 1. The molecule has 3 aromatic rings. The van der Waals surface area contributed by atoms with E-state index < -0.39 is 0 Å². The highest BCUT2D eigenvalue weighted by Gasteiger charge is 2.32. The smallest absolute Gasteiger partial charge is 0.258 e. The average molecular weight is 401 g/mol. The Morgan fingerprint density at radius 2 is 1.93 bits per heavy atom. The summed E-state index contributed by atoms with van der Waals surface area (Å²) in [7, 11) is 1.61. The number of nitrogens with zero attached hydrogens (tertiary/aromatic N) is 2. The molecule has 0 bridgehead atoms. The maximum Gasteiger partial charge on any atom is 0.258 e. The fraction of sp³-hybridized carbons (Fsp3) is 0.167. The van der Waals surface area contributed by atoms with Crippen molar-refractivity contribution in [3.8, 4) is 11.5 Å². The van der Waals surface area contributed by atoms with E-state index in [-0.39, 0.29) is 12.1 Å². The third-order valence-electron chi connectivity index (χ3n) is 5.00. The Morgan fingerprint density at radius 1 is 1.13 bits per heavy atom. The molecular formula is C24H23N3O3. The number of anilines is 1. The van der Waals surface area contributed by atoms with Gasteiger partial charge in [-0.15, -0.1) is 6.58 Å². The van der Waals surface area contributed by atoms with E-state index in [0.29, 0.717) is 30.2 Å². The Bertz CT molecular complexity index is 1050. The van der Waals surface area contributed by atoms with Crippen molar-refractivity contribution in [2.75, 3.05) is 19.0 Å². The summed E-state index contributed by atoms with van der Waals surface area (Å²) in [6, 6.07) is 17.0. The number of para-hydroxylation sites is 1. The lowest BCUT2D eigenvalue weighted by Crippen LogP contribution is -2.42. The molecular weight excluding hydrogens is 378 g/mol. The maximum absolute atomic E-state index is 13.0. The summed E-state index contributed by atoms with van der Waals surface area (Å²) in [4.78, 5) is 18.8. The van der Waals surface area contributed by atoms with Crippen LogP contribution in [0.4, 0.5) is 5.69 Å². The van der Waals surface area contributed by atoms with Gasteiger partial charge in [-0.2, -0.15) is 0 Å². The van der Waals surface area contributed by atoms with E-state index >= 15 is 0 Å². The predicted octanol–water partition coefficient (Wildman–Crippen LogP) is 4.42. The minimum atomic E-state index is -0.339. The summed E-state index contributed by atoms with van der Waals surface area (Å²) in [5.74, 6) is 1.20. The van der Waals surface area contributed by atoms with Crippen molar-refractivity contribution in [3.63, 3.8) is 0 Å². The van der Waals surface area contributed by atoms with Crippen LogP contribution in [0.3, 0.4) is 0 Å². The molecule has 1 atom stereocenters. The molecule has 0 fully saturated rings. The normalized spacial score (nSPS) is 15.2. The van der Waals surface area contributed by atoms with Crippen LogP contribution in [0.1, 0.15) is 27.7 Å². The molecule has 1 aliphatic rings. The van der Waals surface area contributed by atoms with E-state index in [2.05, 4.69) is 16.9 Å². The predicted molar refractivity (Wildman–Crippen MR) is 116 cm³/mol. The topological polar surface area (TPSA) is 63.7 Å². The number of amides is 1. The molecule has 30 heavy (non-hydrogen) atoms. The molecule has 1 aliphatic heterocycles. The fourth-order valence-corrected chi connectivity index (χ4v) is 3.50. The number of hydrogen-bond acceptors (Lipinski definition) is 5. The second-order valence-corrected chi connectivity index (χ2v) is 6.89. The Balaban J connectivity index is 1.62. The number of benzene rings is 2. The molecule has 1 amide bonds. The molecule has 1 aromatic heterocycles. The van der Waals surface area contributed by atoms with E-state index in [1.54, 1.807) is 30.5 Å². The van der Waals surface area contributed by atoms with Crippen molar-refractivity contribution in [1.29, 1.82) is 0 Å². The summed E-state index contributed by atoms with van der Waals surface area (Å²) in [5.41, 5.74) is 3.38.